The zero-order chi connectivity index (χ0) is 14.7. The monoisotopic (exact) mass is 296 g/mol. The van der Waals surface area contributed by atoms with Crippen LogP contribution in [0.1, 0.15) is 53.7 Å². The number of amides is 1. The minimum Gasteiger partial charge on any atom is -0.477 e. The molecule has 1 N–H and O–H groups in total. The second-order valence-electron chi connectivity index (χ2n) is 5.28. The molecule has 6 heteroatoms. The summed E-state index contributed by atoms with van der Waals surface area (Å²) in [5.41, 5.74) is 0. The number of hydrogen-bond acceptors (Lipinski definition) is 4. The summed E-state index contributed by atoms with van der Waals surface area (Å²) in [5, 5.41) is 9.80. The summed E-state index contributed by atoms with van der Waals surface area (Å²) in [7, 11) is 0. The van der Waals surface area contributed by atoms with Gasteiger partial charge in [0, 0.05) is 24.9 Å². The number of thiazole rings is 1. The van der Waals surface area contributed by atoms with Gasteiger partial charge < -0.3 is 10.0 Å². The number of piperidine rings is 1. The number of likely N-dealkylation sites (tertiary alicyclic amines) is 1. The van der Waals surface area contributed by atoms with Crippen molar-refractivity contribution in [3.05, 3.63) is 16.1 Å². The van der Waals surface area contributed by atoms with E-state index in [0.29, 0.717) is 0 Å². The van der Waals surface area contributed by atoms with E-state index < -0.39 is 5.97 Å². The number of carbonyl (C=O) groups excluding carboxylic acids is 1. The van der Waals surface area contributed by atoms with Crippen LogP contribution in [-0.2, 0) is 4.79 Å². The molecule has 0 aliphatic carbocycles. The van der Waals surface area contributed by atoms with Gasteiger partial charge in [-0.05, 0) is 19.3 Å². The molecule has 0 bridgehead atoms. The van der Waals surface area contributed by atoms with Gasteiger partial charge in [0.05, 0.1) is 11.2 Å². The third-order valence-electron chi connectivity index (χ3n) is 3.92. The summed E-state index contributed by atoms with van der Waals surface area (Å²) in [6.45, 7) is 5.48. The van der Waals surface area contributed by atoms with Crippen LogP contribution in [0.3, 0.4) is 0 Å². The summed E-state index contributed by atoms with van der Waals surface area (Å²) >= 11 is 1.25. The standard InChI is InChI=1S/C14H20N2O3S/c1-3-9(2)13(17)16-6-4-10(5-7-16)12-15-8-11(20-12)14(18)19/h8-10H,3-7H2,1-2H3,(H,18,19). The van der Waals surface area contributed by atoms with E-state index in [9.17, 15) is 9.59 Å². The Labute approximate surface area is 122 Å². The van der Waals surface area contributed by atoms with E-state index in [4.69, 9.17) is 5.11 Å². The van der Waals surface area contributed by atoms with Crippen molar-refractivity contribution in [3.63, 3.8) is 0 Å². The molecule has 0 radical (unpaired) electrons. The molecule has 1 aromatic heterocycles. The molecule has 1 saturated heterocycles. The van der Waals surface area contributed by atoms with Crippen molar-refractivity contribution >= 4 is 23.2 Å². The molecule has 1 atom stereocenters. The number of hydrogen-bond donors (Lipinski definition) is 1. The van der Waals surface area contributed by atoms with E-state index >= 15 is 0 Å². The predicted molar refractivity (Wildman–Crippen MR) is 77.1 cm³/mol. The van der Waals surface area contributed by atoms with Crippen LogP contribution in [0.5, 0.6) is 0 Å². The first-order chi connectivity index (χ1) is 9.52. The molecule has 2 heterocycles. The van der Waals surface area contributed by atoms with Gasteiger partial charge in [0.1, 0.15) is 4.88 Å². The third-order valence-corrected chi connectivity index (χ3v) is 5.07. The smallest absolute Gasteiger partial charge is 0.347 e. The normalized spacial score (nSPS) is 18.0. The molecule has 0 spiro atoms. The van der Waals surface area contributed by atoms with Gasteiger partial charge in [-0.15, -0.1) is 11.3 Å². The number of carbonyl (C=O) groups is 2. The number of rotatable bonds is 4. The summed E-state index contributed by atoms with van der Waals surface area (Å²) in [5.74, 6) is -0.312. The Balaban J connectivity index is 1.93. The largest absolute Gasteiger partial charge is 0.477 e. The van der Waals surface area contributed by atoms with Crippen LogP contribution in [0.25, 0.3) is 0 Å². The molecule has 2 rings (SSSR count). The first-order valence-electron chi connectivity index (χ1n) is 7.00. The summed E-state index contributed by atoms with van der Waals surface area (Å²) < 4.78 is 0. The maximum absolute atomic E-state index is 12.1. The number of carboxylic acid groups (broad SMARTS) is 1. The Hall–Kier alpha value is -1.43. The maximum atomic E-state index is 12.1. The van der Waals surface area contributed by atoms with Gasteiger partial charge in [-0.25, -0.2) is 9.78 Å². The van der Waals surface area contributed by atoms with E-state index in [-0.39, 0.29) is 22.6 Å². The van der Waals surface area contributed by atoms with Crippen LogP contribution >= 0.6 is 11.3 Å². The Morgan fingerprint density at radius 2 is 2.15 bits per heavy atom. The van der Waals surface area contributed by atoms with Crippen LogP contribution in [0.15, 0.2) is 6.20 Å². The molecule has 0 aromatic carbocycles. The number of nitrogens with zero attached hydrogens (tertiary/aromatic N) is 2. The van der Waals surface area contributed by atoms with Crippen molar-refractivity contribution in [2.45, 2.75) is 39.0 Å². The van der Waals surface area contributed by atoms with Crippen LogP contribution in [0.2, 0.25) is 0 Å². The Morgan fingerprint density at radius 1 is 1.50 bits per heavy atom. The molecule has 1 amide bonds. The van der Waals surface area contributed by atoms with Gasteiger partial charge >= 0.3 is 5.97 Å². The van der Waals surface area contributed by atoms with Gasteiger partial charge in [0.15, 0.2) is 0 Å². The summed E-state index contributed by atoms with van der Waals surface area (Å²) in [6.07, 6.45) is 4.04. The average molecular weight is 296 g/mol. The molecule has 5 nitrogen and oxygen atoms in total. The molecule has 1 unspecified atom stereocenters. The van der Waals surface area contributed by atoms with Gasteiger partial charge in [-0.3, -0.25) is 4.79 Å². The van der Waals surface area contributed by atoms with Gasteiger partial charge in [-0.1, -0.05) is 13.8 Å². The summed E-state index contributed by atoms with van der Waals surface area (Å²) in [6, 6.07) is 0. The van der Waals surface area contributed by atoms with Crippen molar-refractivity contribution in [2.75, 3.05) is 13.1 Å². The second kappa shape index (κ2) is 6.35. The average Bonchev–Trinajstić information content (AvgIpc) is 2.96. The zero-order valence-corrected chi connectivity index (χ0v) is 12.7. The Kier molecular flexibility index (Phi) is 4.75. The molecule has 1 fully saturated rings. The predicted octanol–water partition coefficient (Wildman–Crippen LogP) is 2.59. The fourth-order valence-corrected chi connectivity index (χ4v) is 3.33. The third kappa shape index (κ3) is 3.17. The molecule has 20 heavy (non-hydrogen) atoms. The molecular weight excluding hydrogens is 276 g/mol. The minimum absolute atomic E-state index is 0.0880. The molecule has 1 aromatic rings. The van der Waals surface area contributed by atoms with Crippen LogP contribution in [-0.4, -0.2) is 40.0 Å². The molecule has 110 valence electrons. The van der Waals surface area contributed by atoms with E-state index in [1.165, 1.54) is 17.5 Å². The Morgan fingerprint density at radius 3 is 2.65 bits per heavy atom. The lowest BCUT2D eigenvalue weighted by Crippen LogP contribution is -2.40. The second-order valence-corrected chi connectivity index (χ2v) is 6.34. The zero-order valence-electron chi connectivity index (χ0n) is 11.8. The highest BCUT2D eigenvalue weighted by atomic mass is 32.1. The first-order valence-corrected chi connectivity index (χ1v) is 7.82. The van der Waals surface area contributed by atoms with Crippen molar-refractivity contribution in [1.29, 1.82) is 0 Å². The fraction of sp³-hybridized carbons (Fsp3) is 0.643. The lowest BCUT2D eigenvalue weighted by Gasteiger charge is -2.32. The van der Waals surface area contributed by atoms with E-state index in [1.54, 1.807) is 0 Å². The highest BCUT2D eigenvalue weighted by Gasteiger charge is 2.27. The van der Waals surface area contributed by atoms with Crippen molar-refractivity contribution in [3.8, 4) is 0 Å². The van der Waals surface area contributed by atoms with E-state index in [2.05, 4.69) is 4.98 Å². The van der Waals surface area contributed by atoms with Crippen molar-refractivity contribution in [1.82, 2.24) is 9.88 Å². The first kappa shape index (κ1) is 15.0. The van der Waals surface area contributed by atoms with E-state index in [1.807, 2.05) is 18.7 Å². The topological polar surface area (TPSA) is 70.5 Å². The lowest BCUT2D eigenvalue weighted by molar-refractivity contribution is -0.136. The van der Waals surface area contributed by atoms with Crippen molar-refractivity contribution < 1.29 is 14.7 Å². The summed E-state index contributed by atoms with van der Waals surface area (Å²) in [4.78, 5) is 29.4. The van der Waals surface area contributed by atoms with E-state index in [0.717, 1.165) is 37.4 Å². The van der Waals surface area contributed by atoms with Crippen LogP contribution in [0.4, 0.5) is 0 Å². The van der Waals surface area contributed by atoms with Gasteiger partial charge in [0.2, 0.25) is 5.91 Å². The van der Waals surface area contributed by atoms with Crippen LogP contribution in [0, 0.1) is 5.92 Å². The quantitative estimate of drug-likeness (QED) is 0.927. The van der Waals surface area contributed by atoms with Crippen LogP contribution < -0.4 is 0 Å². The Bertz CT molecular complexity index is 492. The van der Waals surface area contributed by atoms with Crippen molar-refractivity contribution in [2.24, 2.45) is 5.92 Å². The van der Waals surface area contributed by atoms with Gasteiger partial charge in [-0.2, -0.15) is 0 Å². The number of aromatic nitrogens is 1. The minimum atomic E-state index is -0.918. The highest BCUT2D eigenvalue weighted by Crippen LogP contribution is 2.31. The highest BCUT2D eigenvalue weighted by molar-refractivity contribution is 7.13. The number of aromatic carboxylic acids is 1. The molecule has 1 aliphatic rings. The number of carboxylic acids is 1. The maximum Gasteiger partial charge on any atom is 0.347 e. The molecule has 1 aliphatic heterocycles. The molecular formula is C14H20N2O3S. The van der Waals surface area contributed by atoms with Gasteiger partial charge in [0.25, 0.3) is 0 Å². The SMILES string of the molecule is CCC(C)C(=O)N1CCC(c2ncc(C(=O)O)s2)CC1. The fourth-order valence-electron chi connectivity index (χ4n) is 2.41. The lowest BCUT2D eigenvalue weighted by atomic mass is 9.96. The molecule has 0 saturated carbocycles.